The van der Waals surface area contributed by atoms with Crippen LogP contribution in [0.1, 0.15) is 11.1 Å². The summed E-state index contributed by atoms with van der Waals surface area (Å²) in [6, 6.07) is 4.31. The predicted molar refractivity (Wildman–Crippen MR) is 75.9 cm³/mol. The second-order valence-electron chi connectivity index (χ2n) is 4.86. The van der Waals surface area contributed by atoms with E-state index < -0.39 is 23.0 Å². The molecule has 0 bridgehead atoms. The standard InChI is InChI=1S/C13H10F3N5O2/c14-13(15,16)7-3-1-6(2-4-7)5-21-8-9(19-12(21)23)18-11(17)20-10(8)22/h1-4H,5H2,(H4,17,18,19,20,22,23). The largest absolute Gasteiger partial charge is 0.416 e. The molecule has 0 aliphatic heterocycles. The van der Waals surface area contributed by atoms with E-state index in [4.69, 9.17) is 5.73 Å². The van der Waals surface area contributed by atoms with Crippen LogP contribution in [-0.2, 0) is 12.7 Å². The number of imidazole rings is 1. The van der Waals surface area contributed by atoms with Gasteiger partial charge in [-0.2, -0.15) is 18.2 Å². The fourth-order valence-corrected chi connectivity index (χ4v) is 2.22. The molecule has 0 aliphatic rings. The lowest BCUT2D eigenvalue weighted by atomic mass is 10.1. The van der Waals surface area contributed by atoms with Gasteiger partial charge in [0, 0.05) is 0 Å². The number of hydrogen-bond acceptors (Lipinski definition) is 4. The minimum absolute atomic E-state index is 0.0168. The number of nitrogens with zero attached hydrogens (tertiary/aromatic N) is 2. The summed E-state index contributed by atoms with van der Waals surface area (Å²) >= 11 is 0. The fourth-order valence-electron chi connectivity index (χ4n) is 2.22. The number of nitrogens with two attached hydrogens (primary N) is 1. The summed E-state index contributed by atoms with van der Waals surface area (Å²) in [7, 11) is 0. The average Bonchev–Trinajstić information content (AvgIpc) is 2.74. The molecule has 23 heavy (non-hydrogen) atoms. The van der Waals surface area contributed by atoms with Crippen molar-refractivity contribution in [2.45, 2.75) is 12.7 Å². The summed E-state index contributed by atoms with van der Waals surface area (Å²) in [5.41, 5.74) is 3.80. The van der Waals surface area contributed by atoms with Gasteiger partial charge < -0.3 is 5.73 Å². The average molecular weight is 325 g/mol. The van der Waals surface area contributed by atoms with Crippen LogP contribution in [0.4, 0.5) is 19.1 Å². The van der Waals surface area contributed by atoms with Crippen molar-refractivity contribution in [2.24, 2.45) is 0 Å². The maximum Gasteiger partial charge on any atom is 0.416 e. The molecule has 0 fully saturated rings. The van der Waals surface area contributed by atoms with E-state index in [1.165, 1.54) is 12.1 Å². The number of nitrogens with one attached hydrogen (secondary N) is 2. The Morgan fingerprint density at radius 3 is 2.39 bits per heavy atom. The third kappa shape index (κ3) is 2.70. The van der Waals surface area contributed by atoms with Crippen LogP contribution in [0.5, 0.6) is 0 Å². The first-order chi connectivity index (χ1) is 10.8. The van der Waals surface area contributed by atoms with Gasteiger partial charge in [-0.25, -0.2) is 4.79 Å². The number of aromatic amines is 2. The maximum atomic E-state index is 12.5. The number of rotatable bonds is 2. The van der Waals surface area contributed by atoms with Crippen molar-refractivity contribution in [3.8, 4) is 0 Å². The van der Waals surface area contributed by atoms with Crippen molar-refractivity contribution in [2.75, 3.05) is 5.73 Å². The molecule has 10 heteroatoms. The Kier molecular flexibility index (Phi) is 3.24. The van der Waals surface area contributed by atoms with Gasteiger partial charge in [-0.1, -0.05) is 12.1 Å². The summed E-state index contributed by atoms with van der Waals surface area (Å²) in [4.78, 5) is 32.3. The van der Waals surface area contributed by atoms with Gasteiger partial charge in [-0.15, -0.1) is 0 Å². The topological polar surface area (TPSA) is 110 Å². The van der Waals surface area contributed by atoms with Crippen molar-refractivity contribution in [3.63, 3.8) is 0 Å². The maximum absolute atomic E-state index is 12.5. The molecule has 1 aromatic carbocycles. The smallest absolute Gasteiger partial charge is 0.369 e. The quantitative estimate of drug-likeness (QED) is 0.654. The summed E-state index contributed by atoms with van der Waals surface area (Å²) < 4.78 is 38.7. The Balaban J connectivity index is 2.04. The first-order valence-corrected chi connectivity index (χ1v) is 6.40. The monoisotopic (exact) mass is 325 g/mol. The summed E-state index contributed by atoms with van der Waals surface area (Å²) in [5, 5.41) is 0. The third-order valence-corrected chi connectivity index (χ3v) is 3.28. The lowest BCUT2D eigenvalue weighted by molar-refractivity contribution is -0.137. The summed E-state index contributed by atoms with van der Waals surface area (Å²) in [6.07, 6.45) is -4.44. The molecule has 7 nitrogen and oxygen atoms in total. The number of hydrogen-bond donors (Lipinski definition) is 3. The number of H-pyrrole nitrogens is 2. The lowest BCUT2D eigenvalue weighted by Gasteiger charge is -2.08. The van der Waals surface area contributed by atoms with Crippen LogP contribution in [0.25, 0.3) is 11.2 Å². The van der Waals surface area contributed by atoms with Gasteiger partial charge in [0.05, 0.1) is 12.1 Å². The van der Waals surface area contributed by atoms with E-state index >= 15 is 0 Å². The van der Waals surface area contributed by atoms with E-state index in [9.17, 15) is 22.8 Å². The van der Waals surface area contributed by atoms with Crippen molar-refractivity contribution in [1.29, 1.82) is 0 Å². The van der Waals surface area contributed by atoms with Gasteiger partial charge in [0.2, 0.25) is 5.95 Å². The molecule has 0 radical (unpaired) electrons. The first kappa shape index (κ1) is 14.9. The number of halogens is 3. The molecule has 0 aliphatic carbocycles. The zero-order valence-corrected chi connectivity index (χ0v) is 11.4. The number of alkyl halides is 3. The number of fused-ring (bicyclic) bond motifs is 1. The number of benzene rings is 1. The van der Waals surface area contributed by atoms with E-state index in [1.807, 2.05) is 0 Å². The van der Waals surface area contributed by atoms with Crippen LogP contribution in [0.3, 0.4) is 0 Å². The molecule has 3 rings (SSSR count). The molecule has 0 saturated carbocycles. The van der Waals surface area contributed by atoms with Gasteiger partial charge in [0.25, 0.3) is 5.56 Å². The molecule has 0 saturated heterocycles. The van der Waals surface area contributed by atoms with Crippen LogP contribution in [0.15, 0.2) is 33.9 Å². The molecular formula is C13H10F3N5O2. The highest BCUT2D eigenvalue weighted by molar-refractivity contribution is 5.70. The molecule has 0 unspecified atom stereocenters. The second-order valence-corrected chi connectivity index (χ2v) is 4.86. The van der Waals surface area contributed by atoms with Crippen molar-refractivity contribution >= 4 is 17.1 Å². The highest BCUT2D eigenvalue weighted by Crippen LogP contribution is 2.29. The Morgan fingerprint density at radius 2 is 1.78 bits per heavy atom. The second kappa shape index (κ2) is 5.00. The van der Waals surface area contributed by atoms with Crippen molar-refractivity contribution in [3.05, 3.63) is 56.2 Å². The molecule has 3 aromatic rings. The number of anilines is 1. The van der Waals surface area contributed by atoms with Crippen LogP contribution >= 0.6 is 0 Å². The zero-order valence-electron chi connectivity index (χ0n) is 11.4. The van der Waals surface area contributed by atoms with Crippen LogP contribution in [0.2, 0.25) is 0 Å². The summed E-state index contributed by atoms with van der Waals surface area (Å²) in [6.45, 7) is -0.0777. The SMILES string of the molecule is Nc1nc2[nH]c(=O)n(Cc3ccc(C(F)(F)F)cc3)c2c(=O)[nH]1. The molecule has 0 amide bonds. The van der Waals surface area contributed by atoms with Gasteiger partial charge >= 0.3 is 11.9 Å². The molecule has 0 atom stereocenters. The Labute approximate surface area is 125 Å². The third-order valence-electron chi connectivity index (χ3n) is 3.28. The minimum Gasteiger partial charge on any atom is -0.369 e. The van der Waals surface area contributed by atoms with E-state index in [0.29, 0.717) is 5.56 Å². The highest BCUT2D eigenvalue weighted by atomic mass is 19.4. The minimum atomic E-state index is -4.44. The molecular weight excluding hydrogens is 315 g/mol. The fraction of sp³-hybridized carbons (Fsp3) is 0.154. The van der Waals surface area contributed by atoms with E-state index in [0.717, 1.165) is 16.7 Å². The zero-order chi connectivity index (χ0) is 16.8. The molecule has 120 valence electrons. The lowest BCUT2D eigenvalue weighted by Crippen LogP contribution is -2.21. The predicted octanol–water partition coefficient (Wildman–Crippen LogP) is 1.06. The van der Waals surface area contributed by atoms with E-state index in [2.05, 4.69) is 15.0 Å². The molecule has 0 spiro atoms. The number of nitrogen functional groups attached to an aromatic ring is 1. The first-order valence-electron chi connectivity index (χ1n) is 6.40. The Hall–Kier alpha value is -3.04. The Morgan fingerprint density at radius 1 is 1.13 bits per heavy atom. The molecule has 2 heterocycles. The number of aromatic nitrogens is 4. The van der Waals surface area contributed by atoms with E-state index in [1.54, 1.807) is 0 Å². The molecule has 2 aromatic heterocycles. The van der Waals surface area contributed by atoms with Crippen LogP contribution in [-0.4, -0.2) is 19.5 Å². The Bertz CT molecular complexity index is 982. The normalized spacial score (nSPS) is 12.0. The van der Waals surface area contributed by atoms with Crippen LogP contribution < -0.4 is 17.0 Å². The highest BCUT2D eigenvalue weighted by Gasteiger charge is 2.29. The van der Waals surface area contributed by atoms with Gasteiger partial charge in [-0.05, 0) is 17.7 Å². The summed E-state index contributed by atoms with van der Waals surface area (Å²) in [5.74, 6) is -0.148. The van der Waals surface area contributed by atoms with Crippen molar-refractivity contribution in [1.82, 2.24) is 19.5 Å². The molecule has 4 N–H and O–H groups in total. The van der Waals surface area contributed by atoms with E-state index in [-0.39, 0.29) is 23.7 Å². The van der Waals surface area contributed by atoms with Gasteiger partial charge in [0.15, 0.2) is 11.2 Å². The van der Waals surface area contributed by atoms with Crippen molar-refractivity contribution < 1.29 is 13.2 Å². The van der Waals surface area contributed by atoms with Gasteiger partial charge in [-0.3, -0.25) is 19.3 Å². The van der Waals surface area contributed by atoms with Crippen LogP contribution in [0, 0.1) is 0 Å². The van der Waals surface area contributed by atoms with Gasteiger partial charge in [0.1, 0.15) is 0 Å².